The monoisotopic (exact) mass is 157 g/mol. The molecule has 1 rings (SSSR count). The fourth-order valence-electron chi connectivity index (χ4n) is 1.60. The van der Waals surface area contributed by atoms with Gasteiger partial charge in [-0.05, 0) is 32.2 Å². The zero-order valence-corrected chi connectivity index (χ0v) is 7.65. The molecule has 1 N–H and O–H groups in total. The minimum Gasteiger partial charge on any atom is -0.361 e. The van der Waals surface area contributed by atoms with E-state index < -0.39 is 0 Å². The van der Waals surface area contributed by atoms with Crippen LogP contribution in [-0.4, -0.2) is 18.9 Å². The lowest BCUT2D eigenvalue weighted by atomic mass is 10.1. The number of rotatable bonds is 4. The predicted octanol–water partition coefficient (Wildman–Crippen LogP) is 1.90. The highest BCUT2D eigenvalue weighted by Crippen LogP contribution is 2.24. The summed E-state index contributed by atoms with van der Waals surface area (Å²) in [4.78, 5) is 0. The van der Waals surface area contributed by atoms with Gasteiger partial charge in [0.1, 0.15) is 5.72 Å². The summed E-state index contributed by atoms with van der Waals surface area (Å²) in [6, 6.07) is 0. The smallest absolute Gasteiger partial charge is 0.119 e. The lowest BCUT2D eigenvalue weighted by molar-refractivity contribution is -0.0598. The van der Waals surface area contributed by atoms with Crippen LogP contribution in [0, 0.1) is 0 Å². The molecule has 1 saturated heterocycles. The van der Waals surface area contributed by atoms with Crippen molar-refractivity contribution in [1.29, 1.82) is 0 Å². The minimum atomic E-state index is 0.0377. The van der Waals surface area contributed by atoms with Crippen molar-refractivity contribution in [3.05, 3.63) is 0 Å². The van der Waals surface area contributed by atoms with Crippen molar-refractivity contribution in [3.63, 3.8) is 0 Å². The number of hydrogen-bond acceptors (Lipinski definition) is 2. The summed E-state index contributed by atoms with van der Waals surface area (Å²) < 4.78 is 5.78. The molecule has 66 valence electrons. The molecule has 0 aromatic carbocycles. The molecule has 0 bridgehead atoms. The quantitative estimate of drug-likeness (QED) is 0.673. The molecular formula is C9H19NO. The second kappa shape index (κ2) is 4.07. The molecule has 0 amide bonds. The third-order valence-corrected chi connectivity index (χ3v) is 2.36. The number of hydrogen-bond donors (Lipinski definition) is 1. The van der Waals surface area contributed by atoms with Gasteiger partial charge >= 0.3 is 0 Å². The largest absolute Gasteiger partial charge is 0.361 e. The van der Waals surface area contributed by atoms with E-state index >= 15 is 0 Å². The van der Waals surface area contributed by atoms with Crippen LogP contribution < -0.4 is 5.32 Å². The van der Waals surface area contributed by atoms with E-state index in [9.17, 15) is 0 Å². The fourth-order valence-corrected chi connectivity index (χ4v) is 1.60. The van der Waals surface area contributed by atoms with Gasteiger partial charge in [0.25, 0.3) is 0 Å². The Morgan fingerprint density at radius 2 is 2.27 bits per heavy atom. The Morgan fingerprint density at radius 1 is 1.45 bits per heavy atom. The third kappa shape index (κ3) is 2.17. The van der Waals surface area contributed by atoms with Gasteiger partial charge in [0.15, 0.2) is 0 Å². The van der Waals surface area contributed by atoms with Gasteiger partial charge in [-0.2, -0.15) is 0 Å². The minimum absolute atomic E-state index is 0.0377. The Balaban J connectivity index is 2.33. The summed E-state index contributed by atoms with van der Waals surface area (Å²) in [6.45, 7) is 6.35. The summed E-state index contributed by atoms with van der Waals surface area (Å²) in [5, 5.41) is 3.43. The highest BCUT2D eigenvalue weighted by molar-refractivity contribution is 4.82. The maximum atomic E-state index is 5.78. The Morgan fingerprint density at radius 3 is 2.73 bits per heavy atom. The van der Waals surface area contributed by atoms with Gasteiger partial charge < -0.3 is 4.74 Å². The predicted molar refractivity (Wildman–Crippen MR) is 46.5 cm³/mol. The maximum absolute atomic E-state index is 5.78. The lowest BCUT2D eigenvalue weighted by Crippen LogP contribution is -2.42. The van der Waals surface area contributed by atoms with E-state index in [1.54, 1.807) is 0 Å². The van der Waals surface area contributed by atoms with E-state index in [4.69, 9.17) is 4.74 Å². The van der Waals surface area contributed by atoms with Gasteiger partial charge in [0.2, 0.25) is 0 Å². The van der Waals surface area contributed by atoms with E-state index in [0.717, 1.165) is 26.0 Å². The topological polar surface area (TPSA) is 21.3 Å². The van der Waals surface area contributed by atoms with E-state index in [1.165, 1.54) is 12.8 Å². The SMILES string of the molecule is CCCOC1(CC)CCCN1. The molecule has 2 heteroatoms. The lowest BCUT2D eigenvalue weighted by Gasteiger charge is -2.28. The standard InChI is InChI=1S/C9H19NO/c1-3-8-11-9(4-2)6-5-7-10-9/h10H,3-8H2,1-2H3. The van der Waals surface area contributed by atoms with Crippen LogP contribution in [0.25, 0.3) is 0 Å². The van der Waals surface area contributed by atoms with Crippen molar-refractivity contribution in [1.82, 2.24) is 5.32 Å². The number of ether oxygens (including phenoxy) is 1. The van der Waals surface area contributed by atoms with Crippen molar-refractivity contribution in [2.24, 2.45) is 0 Å². The average molecular weight is 157 g/mol. The average Bonchev–Trinajstić information content (AvgIpc) is 2.50. The molecule has 0 radical (unpaired) electrons. The van der Waals surface area contributed by atoms with Gasteiger partial charge in [-0.15, -0.1) is 0 Å². The molecule has 1 fully saturated rings. The maximum Gasteiger partial charge on any atom is 0.119 e. The molecule has 0 aromatic heterocycles. The van der Waals surface area contributed by atoms with Gasteiger partial charge in [-0.25, -0.2) is 0 Å². The molecular weight excluding hydrogens is 138 g/mol. The second-order valence-electron chi connectivity index (χ2n) is 3.23. The van der Waals surface area contributed by atoms with Crippen molar-refractivity contribution in [2.75, 3.05) is 13.2 Å². The van der Waals surface area contributed by atoms with Gasteiger partial charge in [0.05, 0.1) is 0 Å². The Bertz CT molecular complexity index is 108. The second-order valence-corrected chi connectivity index (χ2v) is 3.23. The van der Waals surface area contributed by atoms with Crippen molar-refractivity contribution >= 4 is 0 Å². The first-order chi connectivity index (χ1) is 5.33. The van der Waals surface area contributed by atoms with Gasteiger partial charge in [-0.1, -0.05) is 13.8 Å². The van der Waals surface area contributed by atoms with Gasteiger partial charge in [0, 0.05) is 6.61 Å². The zero-order valence-electron chi connectivity index (χ0n) is 7.65. The van der Waals surface area contributed by atoms with Crippen LogP contribution in [0.5, 0.6) is 0 Å². The first kappa shape index (κ1) is 9.01. The van der Waals surface area contributed by atoms with E-state index in [-0.39, 0.29) is 5.72 Å². The van der Waals surface area contributed by atoms with E-state index in [0.29, 0.717) is 0 Å². The normalized spacial score (nSPS) is 31.1. The van der Waals surface area contributed by atoms with Crippen LogP contribution in [0.1, 0.15) is 39.5 Å². The Kier molecular flexibility index (Phi) is 3.34. The molecule has 1 aliphatic heterocycles. The van der Waals surface area contributed by atoms with Crippen LogP contribution in [0.4, 0.5) is 0 Å². The molecule has 0 aliphatic carbocycles. The molecule has 11 heavy (non-hydrogen) atoms. The summed E-state index contributed by atoms with van der Waals surface area (Å²) in [5.74, 6) is 0. The van der Waals surface area contributed by atoms with E-state index in [2.05, 4.69) is 19.2 Å². The molecule has 0 saturated carbocycles. The van der Waals surface area contributed by atoms with Gasteiger partial charge in [-0.3, -0.25) is 5.32 Å². The van der Waals surface area contributed by atoms with Crippen LogP contribution in [0.2, 0.25) is 0 Å². The fraction of sp³-hybridized carbons (Fsp3) is 1.00. The van der Waals surface area contributed by atoms with Crippen molar-refractivity contribution in [2.45, 2.75) is 45.3 Å². The molecule has 0 aromatic rings. The summed E-state index contributed by atoms with van der Waals surface area (Å²) >= 11 is 0. The van der Waals surface area contributed by atoms with E-state index in [1.807, 2.05) is 0 Å². The summed E-state index contributed by atoms with van der Waals surface area (Å²) in [7, 11) is 0. The van der Waals surface area contributed by atoms with Crippen molar-refractivity contribution in [3.8, 4) is 0 Å². The zero-order chi connectivity index (χ0) is 8.16. The highest BCUT2D eigenvalue weighted by atomic mass is 16.5. The number of nitrogens with one attached hydrogen (secondary N) is 1. The first-order valence-electron chi connectivity index (χ1n) is 4.72. The van der Waals surface area contributed by atoms with Crippen LogP contribution in [0.15, 0.2) is 0 Å². The van der Waals surface area contributed by atoms with Crippen LogP contribution in [-0.2, 0) is 4.74 Å². The van der Waals surface area contributed by atoms with Crippen LogP contribution >= 0.6 is 0 Å². The third-order valence-electron chi connectivity index (χ3n) is 2.36. The first-order valence-corrected chi connectivity index (χ1v) is 4.72. The Hall–Kier alpha value is -0.0800. The van der Waals surface area contributed by atoms with Crippen molar-refractivity contribution < 1.29 is 4.74 Å². The van der Waals surface area contributed by atoms with Crippen LogP contribution in [0.3, 0.4) is 0 Å². The molecule has 1 aliphatic rings. The summed E-state index contributed by atoms with van der Waals surface area (Å²) in [5.41, 5.74) is 0.0377. The molecule has 2 nitrogen and oxygen atoms in total. The molecule has 1 atom stereocenters. The molecule has 1 unspecified atom stereocenters. The summed E-state index contributed by atoms with van der Waals surface area (Å²) in [6.07, 6.45) is 4.65. The Labute approximate surface area is 69.3 Å². The molecule has 0 spiro atoms. The molecule has 1 heterocycles. The highest BCUT2D eigenvalue weighted by Gasteiger charge is 2.31.